The Bertz CT molecular complexity index is 1260. The number of phosphoric ester groups is 1. The van der Waals surface area contributed by atoms with Gasteiger partial charge in [0.1, 0.15) is 13.2 Å². The number of nitrogens with zero attached hydrogens (tertiary/aromatic N) is 1. The lowest BCUT2D eigenvalue weighted by atomic mass is 10.0. The van der Waals surface area contributed by atoms with Crippen molar-refractivity contribution >= 4 is 13.7 Å². The zero-order valence-electron chi connectivity index (χ0n) is 52.7. The second-order valence-corrected chi connectivity index (χ2v) is 26.7. The van der Waals surface area contributed by atoms with Gasteiger partial charge in [-0.15, -0.1) is 0 Å². The Kier molecular flexibility index (Phi) is 59.3. The standard InChI is InChI=1S/C68H137N2O6P/c1-6-8-10-12-14-16-18-20-22-24-26-28-29-30-31-32-33-34-35-36-37-38-39-40-41-42-44-46-48-50-52-54-56-58-60-62-68(72)69-66(65-76-77(73,74)75-64-63-70(3,4)5)67(71)61-59-57-55-53-51-49-47-45-43-27-25-23-21-19-17-15-13-11-9-7-2/h59,61,66-67,71H,6-58,60,62-65H2,1-5H3,(H-,69,72,73,74)/b61-59+. The molecule has 0 radical (unpaired) electrons. The number of hydrogen-bond donors (Lipinski definition) is 2. The van der Waals surface area contributed by atoms with Crippen molar-refractivity contribution in [3.05, 3.63) is 12.2 Å². The molecule has 460 valence electrons. The fourth-order valence-electron chi connectivity index (χ4n) is 10.9. The zero-order chi connectivity index (χ0) is 56.3. The highest BCUT2D eigenvalue weighted by molar-refractivity contribution is 7.45. The van der Waals surface area contributed by atoms with Crippen molar-refractivity contribution in [2.75, 3.05) is 40.9 Å². The van der Waals surface area contributed by atoms with Crippen LogP contribution in [-0.4, -0.2) is 68.5 Å². The molecule has 77 heavy (non-hydrogen) atoms. The molecule has 1 amide bonds. The lowest BCUT2D eigenvalue weighted by molar-refractivity contribution is -0.870. The quantitative estimate of drug-likeness (QED) is 0.0272. The zero-order valence-corrected chi connectivity index (χ0v) is 53.6. The number of carbonyl (C=O) groups excluding carboxylic acids is 1. The SMILES string of the molecule is CCCCCCCCCCCCCCCCCCCC/C=C/C(O)C(COP(=O)([O-])OCC[N+](C)(C)C)NC(=O)CCCCCCCCCCCCCCCCCCCCCCCCCCCCCCCCCCCCC. The Morgan fingerprint density at radius 1 is 0.442 bits per heavy atom. The fraction of sp³-hybridized carbons (Fsp3) is 0.956. The van der Waals surface area contributed by atoms with E-state index in [-0.39, 0.29) is 19.1 Å². The van der Waals surface area contributed by atoms with E-state index in [0.717, 1.165) is 38.5 Å². The molecule has 9 heteroatoms. The molecule has 0 spiro atoms. The van der Waals surface area contributed by atoms with Gasteiger partial charge in [-0.25, -0.2) is 0 Å². The van der Waals surface area contributed by atoms with E-state index in [1.807, 2.05) is 27.2 Å². The number of aliphatic hydroxyl groups excluding tert-OH is 1. The maximum Gasteiger partial charge on any atom is 0.268 e. The summed E-state index contributed by atoms with van der Waals surface area (Å²) in [5, 5.41) is 13.9. The minimum absolute atomic E-state index is 0.00289. The summed E-state index contributed by atoms with van der Waals surface area (Å²) >= 11 is 0. The Hall–Kier alpha value is -0.760. The monoisotopic (exact) mass is 1110 g/mol. The third kappa shape index (κ3) is 62.7. The molecule has 0 aromatic rings. The predicted octanol–water partition coefficient (Wildman–Crippen LogP) is 21.1. The molecule has 0 saturated heterocycles. The minimum Gasteiger partial charge on any atom is -0.756 e. The van der Waals surface area contributed by atoms with Gasteiger partial charge in [-0.2, -0.15) is 0 Å². The molecule has 0 aliphatic carbocycles. The van der Waals surface area contributed by atoms with Crippen LogP contribution in [0.5, 0.6) is 0 Å². The van der Waals surface area contributed by atoms with Crippen molar-refractivity contribution in [2.45, 2.75) is 379 Å². The first-order valence-corrected chi connectivity index (χ1v) is 36.0. The molecule has 0 aromatic carbocycles. The van der Waals surface area contributed by atoms with Crippen molar-refractivity contribution in [1.29, 1.82) is 0 Å². The average Bonchev–Trinajstić information content (AvgIpc) is 3.39. The third-order valence-corrected chi connectivity index (χ3v) is 17.2. The molecular formula is C68H137N2O6P. The fourth-order valence-corrected chi connectivity index (χ4v) is 11.6. The topological polar surface area (TPSA) is 108 Å². The van der Waals surface area contributed by atoms with Crippen LogP contribution in [0, 0.1) is 0 Å². The molecule has 8 nitrogen and oxygen atoms in total. The Morgan fingerprint density at radius 2 is 0.701 bits per heavy atom. The largest absolute Gasteiger partial charge is 0.756 e. The Morgan fingerprint density at radius 3 is 0.974 bits per heavy atom. The molecule has 0 rings (SSSR count). The Labute approximate surface area is 482 Å². The van der Waals surface area contributed by atoms with E-state index in [4.69, 9.17) is 9.05 Å². The van der Waals surface area contributed by atoms with Gasteiger partial charge in [0.15, 0.2) is 0 Å². The van der Waals surface area contributed by atoms with Gasteiger partial charge < -0.3 is 28.8 Å². The number of rotatable bonds is 65. The molecular weight excluding hydrogens is 972 g/mol. The molecule has 0 aromatic heterocycles. The summed E-state index contributed by atoms with van der Waals surface area (Å²) in [5.74, 6) is -0.188. The van der Waals surface area contributed by atoms with Gasteiger partial charge in [0.2, 0.25) is 5.91 Å². The number of unbranched alkanes of at least 4 members (excludes halogenated alkanes) is 52. The van der Waals surface area contributed by atoms with Crippen molar-refractivity contribution in [1.82, 2.24) is 5.32 Å². The maximum absolute atomic E-state index is 13.0. The van der Waals surface area contributed by atoms with Gasteiger partial charge in [0, 0.05) is 6.42 Å². The minimum atomic E-state index is -4.60. The van der Waals surface area contributed by atoms with Gasteiger partial charge in [0.25, 0.3) is 7.82 Å². The number of quaternary nitrogens is 1. The number of likely N-dealkylation sites (N-methyl/N-ethyl adjacent to an activating group) is 1. The number of allylic oxidation sites excluding steroid dienone is 1. The second kappa shape index (κ2) is 59.8. The van der Waals surface area contributed by atoms with E-state index in [2.05, 4.69) is 19.2 Å². The van der Waals surface area contributed by atoms with Crippen LogP contribution in [0.3, 0.4) is 0 Å². The summed E-state index contributed by atoms with van der Waals surface area (Å²) in [6.07, 6.45) is 76.2. The number of carbonyl (C=O) groups is 1. The number of hydrogen-bond acceptors (Lipinski definition) is 6. The molecule has 0 fully saturated rings. The molecule has 0 bridgehead atoms. The van der Waals surface area contributed by atoms with E-state index in [0.29, 0.717) is 17.4 Å². The van der Waals surface area contributed by atoms with Crippen LogP contribution in [0.4, 0.5) is 0 Å². The molecule has 3 unspecified atom stereocenters. The summed E-state index contributed by atoms with van der Waals surface area (Å²) in [5.41, 5.74) is 0. The third-order valence-electron chi connectivity index (χ3n) is 16.2. The number of aliphatic hydroxyl groups is 1. The molecule has 0 heterocycles. The maximum atomic E-state index is 13.0. The first-order valence-electron chi connectivity index (χ1n) is 34.6. The number of phosphoric acid groups is 1. The lowest BCUT2D eigenvalue weighted by Gasteiger charge is -2.29. The summed E-state index contributed by atoms with van der Waals surface area (Å²) < 4.78 is 23.4. The number of nitrogens with one attached hydrogen (secondary N) is 1. The van der Waals surface area contributed by atoms with Crippen molar-refractivity contribution in [3.8, 4) is 0 Å². The lowest BCUT2D eigenvalue weighted by Crippen LogP contribution is -2.45. The number of amides is 1. The molecule has 0 saturated carbocycles. The van der Waals surface area contributed by atoms with Gasteiger partial charge >= 0.3 is 0 Å². The van der Waals surface area contributed by atoms with Gasteiger partial charge in [-0.05, 0) is 19.3 Å². The summed E-state index contributed by atoms with van der Waals surface area (Å²) in [6, 6.07) is -0.883. The highest BCUT2D eigenvalue weighted by Gasteiger charge is 2.23. The highest BCUT2D eigenvalue weighted by Crippen LogP contribution is 2.38. The van der Waals surface area contributed by atoms with Crippen molar-refractivity contribution < 1.29 is 32.9 Å². The highest BCUT2D eigenvalue weighted by atomic mass is 31.2. The second-order valence-electron chi connectivity index (χ2n) is 25.3. The predicted molar refractivity (Wildman–Crippen MR) is 335 cm³/mol. The van der Waals surface area contributed by atoms with Gasteiger partial charge in [-0.3, -0.25) is 9.36 Å². The van der Waals surface area contributed by atoms with Crippen LogP contribution in [0.1, 0.15) is 367 Å². The summed E-state index contributed by atoms with van der Waals surface area (Å²) in [6.45, 7) is 4.72. The summed E-state index contributed by atoms with van der Waals surface area (Å²) in [7, 11) is 1.28. The van der Waals surface area contributed by atoms with Crippen LogP contribution in [0.2, 0.25) is 0 Å². The van der Waals surface area contributed by atoms with Crippen LogP contribution >= 0.6 is 7.82 Å². The smallest absolute Gasteiger partial charge is 0.268 e. The van der Waals surface area contributed by atoms with Crippen molar-refractivity contribution in [2.24, 2.45) is 0 Å². The van der Waals surface area contributed by atoms with E-state index in [1.165, 1.54) is 308 Å². The molecule has 3 atom stereocenters. The van der Waals surface area contributed by atoms with E-state index < -0.39 is 20.0 Å². The first kappa shape index (κ1) is 76.2. The van der Waals surface area contributed by atoms with E-state index in [9.17, 15) is 19.4 Å². The van der Waals surface area contributed by atoms with Crippen LogP contribution in [0.15, 0.2) is 12.2 Å². The van der Waals surface area contributed by atoms with Crippen LogP contribution in [-0.2, 0) is 18.4 Å². The first-order chi connectivity index (χ1) is 37.5. The molecule has 0 aliphatic heterocycles. The van der Waals surface area contributed by atoms with Gasteiger partial charge in [0.05, 0.1) is 39.9 Å². The van der Waals surface area contributed by atoms with E-state index in [1.54, 1.807) is 6.08 Å². The Balaban J connectivity index is 3.96. The van der Waals surface area contributed by atoms with Crippen LogP contribution in [0.25, 0.3) is 0 Å². The van der Waals surface area contributed by atoms with Gasteiger partial charge in [-0.1, -0.05) is 353 Å². The normalized spacial score (nSPS) is 13.7. The molecule has 0 aliphatic rings. The van der Waals surface area contributed by atoms with Crippen molar-refractivity contribution in [3.63, 3.8) is 0 Å². The molecule has 2 N–H and O–H groups in total. The summed E-state index contributed by atoms with van der Waals surface area (Å²) in [4.78, 5) is 25.6. The van der Waals surface area contributed by atoms with E-state index >= 15 is 0 Å². The van der Waals surface area contributed by atoms with Crippen LogP contribution < -0.4 is 10.2 Å². The average molecular weight is 1110 g/mol.